The molecule has 25 heavy (non-hydrogen) atoms. The van der Waals surface area contributed by atoms with E-state index < -0.39 is 0 Å². The molecule has 3 heterocycles. The van der Waals surface area contributed by atoms with Gasteiger partial charge in [0, 0.05) is 31.2 Å². The van der Waals surface area contributed by atoms with Crippen molar-refractivity contribution in [1.82, 2.24) is 14.8 Å². The van der Waals surface area contributed by atoms with Crippen molar-refractivity contribution < 1.29 is 9.90 Å². The molecule has 2 fully saturated rings. The Labute approximate surface area is 148 Å². The molecule has 1 aromatic heterocycles. The normalized spacial score (nSPS) is 24.5. The maximum Gasteiger partial charge on any atom is 0.243 e. The van der Waals surface area contributed by atoms with E-state index in [1.807, 2.05) is 17.2 Å². The van der Waals surface area contributed by atoms with Gasteiger partial charge in [0.15, 0.2) is 0 Å². The third-order valence-corrected chi connectivity index (χ3v) is 5.74. The number of aliphatic hydroxyl groups excluding tert-OH is 1. The quantitative estimate of drug-likeness (QED) is 0.928. The Kier molecular flexibility index (Phi) is 4.44. The first-order valence-corrected chi connectivity index (χ1v) is 9.22. The number of fused-ring (bicyclic) bond motifs is 1. The van der Waals surface area contributed by atoms with Crippen LogP contribution in [0.3, 0.4) is 0 Å². The molecule has 132 valence electrons. The van der Waals surface area contributed by atoms with Gasteiger partial charge >= 0.3 is 0 Å². The van der Waals surface area contributed by atoms with Gasteiger partial charge in [0.25, 0.3) is 0 Å². The van der Waals surface area contributed by atoms with Gasteiger partial charge in [-0.1, -0.05) is 12.1 Å². The molecule has 5 heteroatoms. The summed E-state index contributed by atoms with van der Waals surface area (Å²) in [5, 5.41) is 10.4. The van der Waals surface area contributed by atoms with Crippen molar-refractivity contribution in [2.45, 2.75) is 37.8 Å². The fourth-order valence-electron chi connectivity index (χ4n) is 4.53. The minimum Gasteiger partial charge on any atom is -0.395 e. The lowest BCUT2D eigenvalue weighted by Crippen LogP contribution is -2.60. The van der Waals surface area contributed by atoms with E-state index in [1.165, 1.54) is 5.56 Å². The largest absolute Gasteiger partial charge is 0.395 e. The molecule has 2 saturated heterocycles. The van der Waals surface area contributed by atoms with Gasteiger partial charge in [-0.25, -0.2) is 0 Å². The van der Waals surface area contributed by atoms with Crippen LogP contribution in [-0.2, 0) is 11.3 Å². The van der Waals surface area contributed by atoms with Crippen molar-refractivity contribution >= 4 is 16.8 Å². The summed E-state index contributed by atoms with van der Waals surface area (Å²) < 4.78 is 0. The van der Waals surface area contributed by atoms with Crippen molar-refractivity contribution in [3.05, 3.63) is 42.1 Å². The van der Waals surface area contributed by atoms with Gasteiger partial charge in [0.2, 0.25) is 5.91 Å². The van der Waals surface area contributed by atoms with Crippen LogP contribution in [0, 0.1) is 0 Å². The van der Waals surface area contributed by atoms with E-state index in [4.69, 9.17) is 0 Å². The fraction of sp³-hybridized carbons (Fsp3) is 0.500. The number of likely N-dealkylation sites (tertiary alicyclic amines) is 2. The monoisotopic (exact) mass is 339 g/mol. The van der Waals surface area contributed by atoms with Crippen molar-refractivity contribution in [2.24, 2.45) is 0 Å². The average Bonchev–Trinajstić information content (AvgIpc) is 3.02. The predicted molar refractivity (Wildman–Crippen MR) is 97.0 cm³/mol. The third-order valence-electron chi connectivity index (χ3n) is 5.74. The highest BCUT2D eigenvalue weighted by atomic mass is 16.3. The number of nitrogens with zero attached hydrogens (tertiary/aromatic N) is 3. The van der Waals surface area contributed by atoms with E-state index in [9.17, 15) is 9.90 Å². The van der Waals surface area contributed by atoms with Crippen LogP contribution in [0.15, 0.2) is 36.5 Å². The van der Waals surface area contributed by atoms with Gasteiger partial charge < -0.3 is 10.0 Å². The molecular weight excluding hydrogens is 314 g/mol. The highest BCUT2D eigenvalue weighted by molar-refractivity contribution is 5.87. The van der Waals surface area contributed by atoms with Gasteiger partial charge in [-0.3, -0.25) is 14.7 Å². The van der Waals surface area contributed by atoms with Gasteiger partial charge in [-0.05, 0) is 56.0 Å². The molecule has 1 aromatic carbocycles. The number of pyridine rings is 1. The number of carbonyl (C=O) groups excluding carboxylic acids is 1. The zero-order chi connectivity index (χ0) is 17.3. The Morgan fingerprint density at radius 3 is 2.84 bits per heavy atom. The maximum absolute atomic E-state index is 13.1. The molecule has 1 spiro atoms. The number of hydrogen-bond donors (Lipinski definition) is 1. The third kappa shape index (κ3) is 2.92. The van der Waals surface area contributed by atoms with E-state index in [0.717, 1.165) is 56.2 Å². The Bertz CT molecular complexity index is 776. The Morgan fingerprint density at radius 1 is 1.16 bits per heavy atom. The van der Waals surface area contributed by atoms with Crippen LogP contribution in [0.4, 0.5) is 0 Å². The topological polar surface area (TPSA) is 56.7 Å². The second-order valence-electron chi connectivity index (χ2n) is 7.21. The highest BCUT2D eigenvalue weighted by Gasteiger charge is 2.50. The first kappa shape index (κ1) is 16.5. The number of hydrogen-bond acceptors (Lipinski definition) is 4. The smallest absolute Gasteiger partial charge is 0.243 e. The molecule has 0 bridgehead atoms. The van der Waals surface area contributed by atoms with Crippen molar-refractivity contribution in [1.29, 1.82) is 0 Å². The summed E-state index contributed by atoms with van der Waals surface area (Å²) in [6.07, 6.45) is 5.76. The summed E-state index contributed by atoms with van der Waals surface area (Å²) in [6.45, 7) is 3.03. The van der Waals surface area contributed by atoms with Gasteiger partial charge in [-0.15, -0.1) is 0 Å². The van der Waals surface area contributed by atoms with Crippen molar-refractivity contribution in [3.63, 3.8) is 0 Å². The van der Waals surface area contributed by atoms with Crippen LogP contribution in [0.25, 0.3) is 10.9 Å². The number of aliphatic hydroxyl groups is 1. The minimum absolute atomic E-state index is 0.0412. The number of benzene rings is 1. The molecule has 5 nitrogen and oxygen atoms in total. The molecule has 2 aromatic rings. The number of carbonyl (C=O) groups is 1. The molecule has 1 atom stereocenters. The molecule has 1 amide bonds. The first-order valence-electron chi connectivity index (χ1n) is 9.22. The number of rotatable bonds is 4. The summed E-state index contributed by atoms with van der Waals surface area (Å²) in [5.74, 6) is 0.216. The zero-order valence-corrected chi connectivity index (χ0v) is 14.5. The van der Waals surface area contributed by atoms with Crippen LogP contribution in [0.2, 0.25) is 0 Å². The fourth-order valence-corrected chi connectivity index (χ4v) is 4.53. The minimum atomic E-state index is -0.364. The zero-order valence-electron chi connectivity index (χ0n) is 14.5. The predicted octanol–water partition coefficient (Wildman–Crippen LogP) is 2.18. The summed E-state index contributed by atoms with van der Waals surface area (Å²) in [6, 6.07) is 10.4. The molecule has 2 aliphatic heterocycles. The molecule has 1 N–H and O–H groups in total. The highest BCUT2D eigenvalue weighted by Crippen LogP contribution is 2.39. The maximum atomic E-state index is 13.1. The molecule has 1 unspecified atom stereocenters. The van der Waals surface area contributed by atoms with Crippen LogP contribution in [-0.4, -0.2) is 57.6 Å². The standard InChI is InChI=1S/C20H25N3O2/c24-13-12-22-10-2-7-20(19(22)25)8-3-11-23(20)15-16-5-6-18-17(14-16)4-1-9-21-18/h1,4-6,9,14,24H,2-3,7-8,10-13,15H2. The Morgan fingerprint density at radius 2 is 2.00 bits per heavy atom. The summed E-state index contributed by atoms with van der Waals surface area (Å²) in [5.41, 5.74) is 1.87. The van der Waals surface area contributed by atoms with Crippen LogP contribution in [0.1, 0.15) is 31.2 Å². The number of aromatic nitrogens is 1. The molecule has 0 radical (unpaired) electrons. The SMILES string of the molecule is O=C1N(CCO)CCCC12CCCN2Cc1ccc2ncccc2c1. The number of piperidine rings is 1. The van der Waals surface area contributed by atoms with E-state index in [0.29, 0.717) is 6.54 Å². The van der Waals surface area contributed by atoms with E-state index in [1.54, 1.807) is 0 Å². The summed E-state index contributed by atoms with van der Waals surface area (Å²) >= 11 is 0. The van der Waals surface area contributed by atoms with Crippen LogP contribution >= 0.6 is 0 Å². The Balaban J connectivity index is 1.59. The van der Waals surface area contributed by atoms with Gasteiger partial charge in [-0.2, -0.15) is 0 Å². The average molecular weight is 339 g/mol. The number of amides is 1. The molecule has 4 rings (SSSR count). The number of β-amino-alcohol motifs (C(OH)–C–C–N with tert-alkyl or cyclic N) is 1. The molecule has 2 aliphatic rings. The van der Waals surface area contributed by atoms with Crippen molar-refractivity contribution in [2.75, 3.05) is 26.2 Å². The second-order valence-corrected chi connectivity index (χ2v) is 7.21. The van der Waals surface area contributed by atoms with Crippen LogP contribution in [0.5, 0.6) is 0 Å². The Hall–Kier alpha value is -1.98. The van der Waals surface area contributed by atoms with E-state index >= 15 is 0 Å². The van der Waals surface area contributed by atoms with E-state index in [2.05, 4.69) is 34.1 Å². The van der Waals surface area contributed by atoms with E-state index in [-0.39, 0.29) is 18.1 Å². The van der Waals surface area contributed by atoms with Gasteiger partial charge in [0.1, 0.15) is 5.54 Å². The summed E-state index contributed by atoms with van der Waals surface area (Å²) in [4.78, 5) is 21.7. The lowest BCUT2D eigenvalue weighted by Gasteiger charge is -2.44. The van der Waals surface area contributed by atoms with Crippen LogP contribution < -0.4 is 0 Å². The lowest BCUT2D eigenvalue weighted by molar-refractivity contribution is -0.148. The lowest BCUT2D eigenvalue weighted by atomic mass is 9.85. The molecule has 0 saturated carbocycles. The molecule has 0 aliphatic carbocycles. The van der Waals surface area contributed by atoms with Crippen molar-refractivity contribution in [3.8, 4) is 0 Å². The molecular formula is C20H25N3O2. The first-order chi connectivity index (χ1) is 12.2. The second kappa shape index (κ2) is 6.73. The summed E-state index contributed by atoms with van der Waals surface area (Å²) in [7, 11) is 0. The van der Waals surface area contributed by atoms with Gasteiger partial charge in [0.05, 0.1) is 12.1 Å².